The lowest BCUT2D eigenvalue weighted by molar-refractivity contribution is -0.132. The molecule has 1 N–H and O–H groups in total. The van der Waals surface area contributed by atoms with E-state index in [0.29, 0.717) is 22.6 Å². The van der Waals surface area contributed by atoms with Gasteiger partial charge < -0.3 is 14.6 Å². The second kappa shape index (κ2) is 10.4. The Balaban J connectivity index is 2.02. The van der Waals surface area contributed by atoms with Gasteiger partial charge in [-0.15, -0.1) is 0 Å². The number of aryl methyl sites for hydroxylation is 2. The monoisotopic (exact) mass is 527 g/mol. The SMILES string of the molecule is COc1ccc(C(C)(C)C)cc1/C(O)=C1\C(=O)C(=O)N(c2cc(C)cc(C)c2)C1c1cccc(OC(C)=O)c1. The smallest absolute Gasteiger partial charge is 0.308 e. The van der Waals surface area contributed by atoms with Crippen molar-refractivity contribution in [1.82, 2.24) is 0 Å². The number of aliphatic hydroxyl groups is 1. The van der Waals surface area contributed by atoms with Crippen LogP contribution in [0.2, 0.25) is 0 Å². The summed E-state index contributed by atoms with van der Waals surface area (Å²) in [6.45, 7) is 11.2. The van der Waals surface area contributed by atoms with Crippen molar-refractivity contribution in [1.29, 1.82) is 0 Å². The number of carbonyl (C=O) groups excluding carboxylic acids is 3. The number of benzene rings is 3. The van der Waals surface area contributed by atoms with E-state index in [2.05, 4.69) is 0 Å². The van der Waals surface area contributed by atoms with Gasteiger partial charge in [0.15, 0.2) is 0 Å². The Morgan fingerprint density at radius 3 is 2.21 bits per heavy atom. The summed E-state index contributed by atoms with van der Waals surface area (Å²) >= 11 is 0. The van der Waals surface area contributed by atoms with Crippen molar-refractivity contribution in [3.63, 3.8) is 0 Å². The van der Waals surface area contributed by atoms with E-state index in [1.807, 2.05) is 58.9 Å². The number of esters is 1. The first-order valence-corrected chi connectivity index (χ1v) is 12.7. The number of ether oxygens (including phenoxy) is 2. The van der Waals surface area contributed by atoms with Crippen molar-refractivity contribution in [2.45, 2.75) is 53.0 Å². The topological polar surface area (TPSA) is 93.1 Å². The van der Waals surface area contributed by atoms with Gasteiger partial charge >= 0.3 is 5.97 Å². The average molecular weight is 528 g/mol. The van der Waals surface area contributed by atoms with Gasteiger partial charge in [-0.25, -0.2) is 0 Å². The molecular formula is C32H33NO6. The molecule has 7 nitrogen and oxygen atoms in total. The quantitative estimate of drug-likeness (QED) is 0.140. The Hall–Kier alpha value is -4.39. The molecule has 1 unspecified atom stereocenters. The normalized spacial score (nSPS) is 16.9. The Kier molecular flexibility index (Phi) is 7.37. The second-order valence-electron chi connectivity index (χ2n) is 10.8. The highest BCUT2D eigenvalue weighted by Crippen LogP contribution is 2.44. The van der Waals surface area contributed by atoms with E-state index in [4.69, 9.17) is 9.47 Å². The number of hydrogen-bond donors (Lipinski definition) is 1. The number of rotatable bonds is 5. The molecule has 39 heavy (non-hydrogen) atoms. The minimum absolute atomic E-state index is 0.0801. The van der Waals surface area contributed by atoms with Crippen molar-refractivity contribution < 1.29 is 29.0 Å². The molecule has 0 bridgehead atoms. The summed E-state index contributed by atoms with van der Waals surface area (Å²) in [6.07, 6.45) is 0. The van der Waals surface area contributed by atoms with Gasteiger partial charge in [-0.3, -0.25) is 19.3 Å². The zero-order valence-corrected chi connectivity index (χ0v) is 23.3. The van der Waals surface area contributed by atoms with Gasteiger partial charge in [0.2, 0.25) is 0 Å². The molecule has 202 valence electrons. The van der Waals surface area contributed by atoms with E-state index >= 15 is 0 Å². The number of anilines is 1. The van der Waals surface area contributed by atoms with Crippen molar-refractivity contribution >= 4 is 29.1 Å². The summed E-state index contributed by atoms with van der Waals surface area (Å²) in [6, 6.07) is 16.7. The molecule has 3 aromatic carbocycles. The molecule has 1 aliphatic heterocycles. The van der Waals surface area contributed by atoms with Crippen LogP contribution in [0.15, 0.2) is 66.2 Å². The van der Waals surface area contributed by atoms with E-state index in [0.717, 1.165) is 16.7 Å². The molecule has 0 saturated carbocycles. The Morgan fingerprint density at radius 2 is 1.62 bits per heavy atom. The molecule has 4 rings (SSSR count). The van der Waals surface area contributed by atoms with Crippen LogP contribution >= 0.6 is 0 Å². The van der Waals surface area contributed by atoms with Crippen LogP contribution in [0.25, 0.3) is 5.76 Å². The van der Waals surface area contributed by atoms with Crippen LogP contribution < -0.4 is 14.4 Å². The minimum Gasteiger partial charge on any atom is -0.507 e. The predicted molar refractivity (Wildman–Crippen MR) is 150 cm³/mol. The summed E-state index contributed by atoms with van der Waals surface area (Å²) < 4.78 is 10.8. The number of hydrogen-bond acceptors (Lipinski definition) is 6. The molecule has 1 fully saturated rings. The highest BCUT2D eigenvalue weighted by Gasteiger charge is 2.47. The number of methoxy groups -OCH3 is 1. The zero-order valence-electron chi connectivity index (χ0n) is 23.3. The molecule has 0 aliphatic carbocycles. The van der Waals surface area contributed by atoms with Crippen molar-refractivity contribution in [2.24, 2.45) is 0 Å². The van der Waals surface area contributed by atoms with Gasteiger partial charge in [0, 0.05) is 12.6 Å². The number of ketones is 1. The summed E-state index contributed by atoms with van der Waals surface area (Å²) in [5, 5.41) is 11.7. The fraction of sp³-hybridized carbons (Fsp3) is 0.281. The minimum atomic E-state index is -0.982. The third kappa shape index (κ3) is 5.43. The van der Waals surface area contributed by atoms with Crippen LogP contribution in [-0.4, -0.2) is 29.9 Å². The largest absolute Gasteiger partial charge is 0.507 e. The van der Waals surface area contributed by atoms with Crippen LogP contribution in [0.5, 0.6) is 11.5 Å². The molecule has 1 atom stereocenters. The van der Waals surface area contributed by atoms with Gasteiger partial charge in [0.25, 0.3) is 11.7 Å². The van der Waals surface area contributed by atoms with E-state index < -0.39 is 23.7 Å². The fourth-order valence-electron chi connectivity index (χ4n) is 4.92. The zero-order chi connectivity index (χ0) is 28.6. The molecule has 1 saturated heterocycles. The maximum Gasteiger partial charge on any atom is 0.308 e. The Bertz CT molecular complexity index is 1490. The van der Waals surface area contributed by atoms with Crippen LogP contribution in [0, 0.1) is 13.8 Å². The fourth-order valence-corrected chi connectivity index (χ4v) is 4.92. The van der Waals surface area contributed by atoms with E-state index in [1.165, 1.54) is 18.9 Å². The van der Waals surface area contributed by atoms with Crippen LogP contribution in [-0.2, 0) is 19.8 Å². The number of nitrogens with zero attached hydrogens (tertiary/aromatic N) is 1. The van der Waals surface area contributed by atoms with Crippen LogP contribution in [0.3, 0.4) is 0 Å². The molecule has 0 aromatic heterocycles. The molecule has 1 amide bonds. The van der Waals surface area contributed by atoms with E-state index in [9.17, 15) is 19.5 Å². The van der Waals surface area contributed by atoms with Crippen molar-refractivity contribution in [3.8, 4) is 11.5 Å². The maximum absolute atomic E-state index is 13.7. The predicted octanol–water partition coefficient (Wildman–Crippen LogP) is 6.16. The lowest BCUT2D eigenvalue weighted by Crippen LogP contribution is -2.29. The first kappa shape index (κ1) is 27.6. The van der Waals surface area contributed by atoms with Crippen molar-refractivity contribution in [3.05, 3.63) is 94.1 Å². The van der Waals surface area contributed by atoms with Gasteiger partial charge in [-0.05, 0) is 77.9 Å². The van der Waals surface area contributed by atoms with E-state index in [-0.39, 0.29) is 22.5 Å². The summed E-state index contributed by atoms with van der Waals surface area (Å²) in [5.41, 5.74) is 3.75. The lowest BCUT2D eigenvalue weighted by atomic mass is 9.85. The third-order valence-corrected chi connectivity index (χ3v) is 6.69. The van der Waals surface area contributed by atoms with Crippen molar-refractivity contribution in [2.75, 3.05) is 12.0 Å². The highest BCUT2D eigenvalue weighted by molar-refractivity contribution is 6.51. The maximum atomic E-state index is 13.7. The molecule has 3 aromatic rings. The Labute approximate surface area is 228 Å². The van der Waals surface area contributed by atoms with Gasteiger partial charge in [0.1, 0.15) is 17.3 Å². The number of amides is 1. The van der Waals surface area contributed by atoms with E-state index in [1.54, 1.807) is 36.4 Å². The molecule has 1 heterocycles. The second-order valence-corrected chi connectivity index (χ2v) is 10.8. The highest BCUT2D eigenvalue weighted by atomic mass is 16.5. The molecule has 0 spiro atoms. The summed E-state index contributed by atoms with van der Waals surface area (Å²) in [7, 11) is 1.48. The number of aliphatic hydroxyl groups excluding tert-OH is 1. The standard InChI is InChI=1S/C32H33NO6/c1-18-13-19(2)15-23(14-18)33-28(21-9-8-10-24(16-21)39-20(3)34)27(30(36)31(33)37)29(35)25-17-22(32(4,5)6)11-12-26(25)38-7/h8-17,28,35H,1-7H3/b29-27+. The first-order valence-electron chi connectivity index (χ1n) is 12.7. The van der Waals surface area contributed by atoms with Crippen LogP contribution in [0.1, 0.15) is 61.6 Å². The number of carbonyl (C=O) groups is 3. The average Bonchev–Trinajstić information content (AvgIpc) is 3.12. The Morgan fingerprint density at radius 1 is 0.949 bits per heavy atom. The molecule has 0 radical (unpaired) electrons. The molecule has 1 aliphatic rings. The summed E-state index contributed by atoms with van der Waals surface area (Å²) in [5.74, 6) is -1.80. The van der Waals surface area contributed by atoms with Crippen LogP contribution in [0.4, 0.5) is 5.69 Å². The molecular weight excluding hydrogens is 494 g/mol. The molecule has 7 heteroatoms. The first-order chi connectivity index (χ1) is 18.3. The lowest BCUT2D eigenvalue weighted by Gasteiger charge is -2.27. The van der Waals surface area contributed by atoms with Gasteiger partial charge in [-0.2, -0.15) is 0 Å². The third-order valence-electron chi connectivity index (χ3n) is 6.69. The van der Waals surface area contributed by atoms with Gasteiger partial charge in [-0.1, -0.05) is 45.0 Å². The summed E-state index contributed by atoms with van der Waals surface area (Å²) in [4.78, 5) is 40.3. The van der Waals surface area contributed by atoms with Gasteiger partial charge in [0.05, 0.1) is 24.3 Å². The number of Topliss-reactive ketones (excluding diaryl/α,β-unsaturated/α-hetero) is 1.